The van der Waals surface area contributed by atoms with Crippen molar-refractivity contribution in [1.29, 1.82) is 0 Å². The first-order valence-corrected chi connectivity index (χ1v) is 0. The number of halogens is 5. The molecule has 0 bridgehead atoms. The normalized spacial score (nSPS) is 0. The van der Waals surface area contributed by atoms with Crippen molar-refractivity contribution in [1.82, 2.24) is 0 Å². The summed E-state index contributed by atoms with van der Waals surface area (Å²) in [5, 5.41) is 0. The van der Waals surface area contributed by atoms with Gasteiger partial charge < -0.3 is 84.9 Å². The molecule has 8 heavy (non-hydrogen) atoms. The minimum atomic E-state index is 0. The van der Waals surface area contributed by atoms with E-state index in [0.29, 0.717) is 0 Å². The Morgan fingerprint density at radius 3 is 0.500 bits per heavy atom. The van der Waals surface area contributed by atoms with E-state index < -0.39 is 0 Å². The van der Waals surface area contributed by atoms with E-state index in [0.717, 1.165) is 0 Å². The van der Waals surface area contributed by atoms with Gasteiger partial charge >= 0.3 is 34.1 Å². The number of hydrogen-bond acceptors (Lipinski definition) is 0. The standard InChI is InChI=1S/5BrH.3Fe/h5*1H;;;/q;;;;;;+2;+3/p-5. The van der Waals surface area contributed by atoms with Gasteiger partial charge in [-0.2, -0.15) is 0 Å². The van der Waals surface area contributed by atoms with Crippen molar-refractivity contribution in [2.45, 2.75) is 0 Å². The Balaban J connectivity index is 0. The summed E-state index contributed by atoms with van der Waals surface area (Å²) >= 11 is 0. The SMILES string of the molecule is [Br-].[Br-].[Br-].[Br-].[Br-].[Fe+2].[Fe+3].[Fe]. The van der Waals surface area contributed by atoms with E-state index in [9.17, 15) is 0 Å². The van der Waals surface area contributed by atoms with E-state index in [2.05, 4.69) is 0 Å². The van der Waals surface area contributed by atoms with Crippen LogP contribution in [0.2, 0.25) is 0 Å². The van der Waals surface area contributed by atoms with Crippen LogP contribution in [0.3, 0.4) is 0 Å². The molecule has 0 saturated carbocycles. The summed E-state index contributed by atoms with van der Waals surface area (Å²) in [5.41, 5.74) is 0. The van der Waals surface area contributed by atoms with Gasteiger partial charge in [0.2, 0.25) is 0 Å². The molecule has 0 aromatic rings. The average molecular weight is 567 g/mol. The summed E-state index contributed by atoms with van der Waals surface area (Å²) in [6, 6.07) is 0. The van der Waals surface area contributed by atoms with E-state index >= 15 is 0 Å². The van der Waals surface area contributed by atoms with Crippen LogP contribution in [-0.2, 0) is 51.2 Å². The first kappa shape index (κ1) is 91.6. The fourth-order valence-corrected chi connectivity index (χ4v) is 0. The van der Waals surface area contributed by atoms with Crippen LogP contribution in [0.5, 0.6) is 0 Å². The van der Waals surface area contributed by atoms with E-state index in [4.69, 9.17) is 0 Å². The van der Waals surface area contributed by atoms with Crippen LogP contribution in [0.15, 0.2) is 0 Å². The molecular weight excluding hydrogens is 567 g/mol. The maximum atomic E-state index is 0. The summed E-state index contributed by atoms with van der Waals surface area (Å²) in [4.78, 5) is 0. The molecule has 0 aliphatic carbocycles. The van der Waals surface area contributed by atoms with Crippen LogP contribution in [0, 0.1) is 0 Å². The zero-order chi connectivity index (χ0) is 0. The van der Waals surface area contributed by atoms with Crippen LogP contribution in [0.4, 0.5) is 0 Å². The van der Waals surface area contributed by atoms with Gasteiger partial charge in [-0.1, -0.05) is 0 Å². The molecule has 0 rings (SSSR count). The fourth-order valence-electron chi connectivity index (χ4n) is 0. The van der Waals surface area contributed by atoms with E-state index in [1.54, 1.807) is 0 Å². The third-order valence-electron chi connectivity index (χ3n) is 0. The molecule has 0 amide bonds. The van der Waals surface area contributed by atoms with Crippen LogP contribution in [-0.4, -0.2) is 0 Å². The van der Waals surface area contributed by atoms with Crippen LogP contribution in [0.25, 0.3) is 0 Å². The van der Waals surface area contributed by atoms with E-state index in [1.165, 1.54) is 0 Å². The molecule has 0 aromatic carbocycles. The summed E-state index contributed by atoms with van der Waals surface area (Å²) in [5.74, 6) is 0. The molecule has 0 unspecified atom stereocenters. The largest absolute Gasteiger partial charge is 3.00 e. The molecule has 0 atom stereocenters. The molecule has 0 aliphatic rings. The van der Waals surface area contributed by atoms with Crippen LogP contribution < -0.4 is 84.9 Å². The van der Waals surface area contributed by atoms with Crippen molar-refractivity contribution in [2.75, 3.05) is 0 Å². The molecule has 0 N–H and O–H groups in total. The third-order valence-corrected chi connectivity index (χ3v) is 0. The van der Waals surface area contributed by atoms with Gasteiger partial charge in [0.15, 0.2) is 0 Å². The topological polar surface area (TPSA) is 0 Å². The monoisotopic (exact) mass is 562 g/mol. The Bertz CT molecular complexity index is 7.64. The molecule has 0 spiro atoms. The Morgan fingerprint density at radius 1 is 0.500 bits per heavy atom. The summed E-state index contributed by atoms with van der Waals surface area (Å²) in [7, 11) is 0. The zero-order valence-corrected chi connectivity index (χ0v) is 14.2. The first-order valence-electron chi connectivity index (χ1n) is 0. The molecular formula is Br5Fe3. The molecule has 0 aromatic heterocycles. The Labute approximate surface area is 134 Å². The average Bonchev–Trinajstić information content (AvgIpc) is 0. The van der Waals surface area contributed by atoms with Crippen molar-refractivity contribution in [3.63, 3.8) is 0 Å². The molecule has 0 fully saturated rings. The third kappa shape index (κ3) is 51.0. The number of hydrogen-bond donors (Lipinski definition) is 0. The van der Waals surface area contributed by atoms with Crippen LogP contribution in [0.1, 0.15) is 0 Å². The van der Waals surface area contributed by atoms with Gasteiger partial charge in [-0.15, -0.1) is 0 Å². The summed E-state index contributed by atoms with van der Waals surface area (Å²) < 4.78 is 0. The van der Waals surface area contributed by atoms with E-state index in [-0.39, 0.29) is 136 Å². The number of rotatable bonds is 0. The smallest absolute Gasteiger partial charge is 1.00 e. The molecule has 59 valence electrons. The fraction of sp³-hybridized carbons (Fsp3) is 0. The van der Waals surface area contributed by atoms with Gasteiger partial charge in [0.05, 0.1) is 0 Å². The molecule has 0 saturated heterocycles. The maximum Gasteiger partial charge on any atom is 3.00 e. The second kappa shape index (κ2) is 69.4. The van der Waals surface area contributed by atoms with E-state index in [1.807, 2.05) is 0 Å². The van der Waals surface area contributed by atoms with Crippen molar-refractivity contribution in [3.8, 4) is 0 Å². The second-order valence-corrected chi connectivity index (χ2v) is 0. The second-order valence-electron chi connectivity index (χ2n) is 0. The molecule has 0 aliphatic heterocycles. The minimum absolute atomic E-state index is 0. The quantitative estimate of drug-likeness (QED) is 0.256. The van der Waals surface area contributed by atoms with Gasteiger partial charge in [0, 0.05) is 17.1 Å². The zero-order valence-electron chi connectivity index (χ0n) is 2.95. The van der Waals surface area contributed by atoms with Gasteiger partial charge in [-0.3, -0.25) is 0 Å². The van der Waals surface area contributed by atoms with Gasteiger partial charge in [-0.05, 0) is 0 Å². The minimum Gasteiger partial charge on any atom is -1.00 e. The molecule has 1 radical (unpaired) electrons. The van der Waals surface area contributed by atoms with Crippen molar-refractivity contribution in [2.24, 2.45) is 0 Å². The van der Waals surface area contributed by atoms with Crippen LogP contribution >= 0.6 is 0 Å². The first-order chi connectivity index (χ1) is 0. The van der Waals surface area contributed by atoms with Crippen molar-refractivity contribution < 1.29 is 136 Å². The molecule has 0 heterocycles. The predicted molar refractivity (Wildman–Crippen MR) is 0 cm³/mol. The van der Waals surface area contributed by atoms with Gasteiger partial charge in [0.1, 0.15) is 0 Å². The van der Waals surface area contributed by atoms with Crippen molar-refractivity contribution in [3.05, 3.63) is 0 Å². The van der Waals surface area contributed by atoms with Gasteiger partial charge in [-0.25, -0.2) is 0 Å². The predicted octanol–water partition coefficient (Wildman–Crippen LogP) is -15.0. The molecule has 8 heteroatoms. The summed E-state index contributed by atoms with van der Waals surface area (Å²) in [6.07, 6.45) is 0. The molecule has 0 nitrogen and oxygen atoms in total. The Kier molecular flexibility index (Phi) is 795. The van der Waals surface area contributed by atoms with Gasteiger partial charge in [0.25, 0.3) is 0 Å². The van der Waals surface area contributed by atoms with Crippen molar-refractivity contribution >= 4 is 0 Å². The maximum absolute atomic E-state index is 0. The summed E-state index contributed by atoms with van der Waals surface area (Å²) in [6.45, 7) is 0. The Morgan fingerprint density at radius 2 is 0.500 bits per heavy atom. The Hall–Kier alpha value is 3.96.